The minimum atomic E-state index is -1.09. The van der Waals surface area contributed by atoms with Gasteiger partial charge in [0.1, 0.15) is 6.04 Å². The summed E-state index contributed by atoms with van der Waals surface area (Å²) < 4.78 is 4.85. The van der Waals surface area contributed by atoms with Crippen molar-refractivity contribution in [2.75, 3.05) is 19.5 Å². The number of carbonyl (C=O) groups is 2. The molecule has 1 atom stereocenters. The molecule has 0 aliphatic carbocycles. The lowest BCUT2D eigenvalue weighted by Gasteiger charge is -2.15. The molecule has 1 aromatic rings. The number of nitrogens with one attached hydrogen (secondary N) is 1. The number of rotatable bonds is 8. The Hall–Kier alpha value is -1.24. The molecule has 0 heterocycles. The molecule has 0 radical (unpaired) electrons. The van der Waals surface area contributed by atoms with E-state index in [0.29, 0.717) is 10.6 Å². The summed E-state index contributed by atoms with van der Waals surface area (Å²) >= 11 is 7.42. The lowest BCUT2D eigenvalue weighted by atomic mass is 10.1. The molecule has 1 amide bonds. The molecule has 0 fully saturated rings. The van der Waals surface area contributed by atoms with Gasteiger partial charge in [0, 0.05) is 30.1 Å². The topological polar surface area (TPSA) is 75.6 Å². The van der Waals surface area contributed by atoms with Crippen molar-refractivity contribution in [3.05, 3.63) is 28.8 Å². The van der Waals surface area contributed by atoms with Crippen molar-refractivity contribution < 1.29 is 19.4 Å². The van der Waals surface area contributed by atoms with Gasteiger partial charge >= 0.3 is 5.97 Å². The summed E-state index contributed by atoms with van der Waals surface area (Å²) in [7, 11) is 1.48. The minimum absolute atomic E-state index is 0.203. The predicted octanol–water partition coefficient (Wildman–Crippen LogP) is 2.67. The van der Waals surface area contributed by atoms with Gasteiger partial charge in [-0.1, -0.05) is 18.5 Å². The van der Waals surface area contributed by atoms with E-state index in [9.17, 15) is 9.59 Å². The molecule has 7 heteroatoms. The van der Waals surface area contributed by atoms with Crippen LogP contribution in [0.5, 0.6) is 0 Å². The molecule has 0 saturated heterocycles. The van der Waals surface area contributed by atoms with Crippen LogP contribution in [0.15, 0.2) is 23.1 Å². The number of hydrogen-bond donors (Lipinski definition) is 2. The van der Waals surface area contributed by atoms with Crippen molar-refractivity contribution in [2.45, 2.75) is 24.3 Å². The highest BCUT2D eigenvalue weighted by Crippen LogP contribution is 2.25. The van der Waals surface area contributed by atoms with Gasteiger partial charge in [0.15, 0.2) is 0 Å². The average Bonchev–Trinajstić information content (AvgIpc) is 2.45. The van der Waals surface area contributed by atoms with E-state index in [0.717, 1.165) is 10.6 Å². The molecule has 0 aliphatic rings. The Labute approximate surface area is 133 Å². The van der Waals surface area contributed by atoms with Crippen LogP contribution in [0, 0.1) is 0 Å². The SMILES string of the molecule is CCSc1ccc(Cl)cc1C(=O)NC(CCOC)C(=O)O. The number of carboxylic acid groups (broad SMARTS) is 1. The first kappa shape index (κ1) is 17.8. The van der Waals surface area contributed by atoms with E-state index in [-0.39, 0.29) is 13.0 Å². The first-order valence-electron chi connectivity index (χ1n) is 6.44. The molecule has 5 nitrogen and oxygen atoms in total. The van der Waals surface area contributed by atoms with Gasteiger partial charge in [-0.15, -0.1) is 11.8 Å². The van der Waals surface area contributed by atoms with Gasteiger partial charge in [0.2, 0.25) is 0 Å². The van der Waals surface area contributed by atoms with Gasteiger partial charge in [-0.05, 0) is 24.0 Å². The van der Waals surface area contributed by atoms with Gasteiger partial charge < -0.3 is 15.2 Å². The van der Waals surface area contributed by atoms with Gasteiger partial charge in [-0.3, -0.25) is 4.79 Å². The lowest BCUT2D eigenvalue weighted by Crippen LogP contribution is -2.41. The minimum Gasteiger partial charge on any atom is -0.480 e. The molecule has 0 bridgehead atoms. The molecule has 2 N–H and O–H groups in total. The van der Waals surface area contributed by atoms with Gasteiger partial charge in [-0.2, -0.15) is 0 Å². The molecule has 116 valence electrons. The van der Waals surface area contributed by atoms with E-state index in [2.05, 4.69) is 5.32 Å². The average molecular weight is 332 g/mol. The van der Waals surface area contributed by atoms with Crippen LogP contribution in [0.4, 0.5) is 0 Å². The highest BCUT2D eigenvalue weighted by molar-refractivity contribution is 7.99. The number of halogens is 1. The molecule has 1 aromatic carbocycles. The van der Waals surface area contributed by atoms with Crippen molar-refractivity contribution in [1.29, 1.82) is 0 Å². The van der Waals surface area contributed by atoms with Gasteiger partial charge in [-0.25, -0.2) is 4.79 Å². The van der Waals surface area contributed by atoms with Gasteiger partial charge in [0.05, 0.1) is 5.56 Å². The highest BCUT2D eigenvalue weighted by Gasteiger charge is 2.22. The number of hydrogen-bond acceptors (Lipinski definition) is 4. The highest BCUT2D eigenvalue weighted by atomic mass is 35.5. The number of benzene rings is 1. The van der Waals surface area contributed by atoms with Crippen LogP contribution < -0.4 is 5.32 Å². The first-order valence-corrected chi connectivity index (χ1v) is 7.80. The maximum absolute atomic E-state index is 12.3. The molecule has 1 rings (SSSR count). The number of carboxylic acids is 1. The number of thioether (sulfide) groups is 1. The van der Waals surface area contributed by atoms with Crippen molar-refractivity contribution in [1.82, 2.24) is 5.32 Å². The van der Waals surface area contributed by atoms with E-state index in [1.165, 1.54) is 18.9 Å². The zero-order valence-corrected chi connectivity index (χ0v) is 13.5. The van der Waals surface area contributed by atoms with Crippen LogP contribution in [-0.2, 0) is 9.53 Å². The van der Waals surface area contributed by atoms with E-state index < -0.39 is 17.9 Å². The largest absolute Gasteiger partial charge is 0.480 e. The van der Waals surface area contributed by atoms with Crippen molar-refractivity contribution in [2.24, 2.45) is 0 Å². The monoisotopic (exact) mass is 331 g/mol. The summed E-state index contributed by atoms with van der Waals surface area (Å²) in [6, 6.07) is 4.02. The molecule has 0 saturated carbocycles. The van der Waals surface area contributed by atoms with Crippen molar-refractivity contribution in [3.63, 3.8) is 0 Å². The van der Waals surface area contributed by atoms with Crippen LogP contribution in [0.1, 0.15) is 23.7 Å². The third-order valence-corrected chi connectivity index (χ3v) is 3.89. The second-order valence-corrected chi connectivity index (χ2v) is 5.96. The summed E-state index contributed by atoms with van der Waals surface area (Å²) in [5.41, 5.74) is 0.387. The fourth-order valence-electron chi connectivity index (χ4n) is 1.69. The second kappa shape index (κ2) is 8.92. The Morgan fingerprint density at radius 1 is 1.48 bits per heavy atom. The lowest BCUT2D eigenvalue weighted by molar-refractivity contribution is -0.139. The quantitative estimate of drug-likeness (QED) is 0.716. The Bertz CT molecular complexity index is 510. The number of carbonyl (C=O) groups excluding carboxylic acids is 1. The molecule has 0 aliphatic heterocycles. The number of methoxy groups -OCH3 is 1. The van der Waals surface area contributed by atoms with E-state index in [4.69, 9.17) is 21.4 Å². The smallest absolute Gasteiger partial charge is 0.326 e. The van der Waals surface area contributed by atoms with Crippen molar-refractivity contribution in [3.8, 4) is 0 Å². The normalized spacial score (nSPS) is 12.0. The Morgan fingerprint density at radius 2 is 2.19 bits per heavy atom. The third-order valence-electron chi connectivity index (χ3n) is 2.70. The molecule has 0 spiro atoms. The summed E-state index contributed by atoms with van der Waals surface area (Å²) in [6.45, 7) is 2.23. The zero-order chi connectivity index (χ0) is 15.8. The summed E-state index contributed by atoms with van der Waals surface area (Å²) in [6.07, 6.45) is 0.203. The Balaban J connectivity index is 2.90. The van der Waals surface area contributed by atoms with E-state index in [1.54, 1.807) is 18.2 Å². The summed E-state index contributed by atoms with van der Waals surface area (Å²) in [5, 5.41) is 12.1. The fraction of sp³-hybridized carbons (Fsp3) is 0.429. The van der Waals surface area contributed by atoms with Crippen LogP contribution >= 0.6 is 23.4 Å². The van der Waals surface area contributed by atoms with Crippen molar-refractivity contribution >= 4 is 35.2 Å². The molecular weight excluding hydrogens is 314 g/mol. The summed E-state index contributed by atoms with van der Waals surface area (Å²) in [4.78, 5) is 24.2. The third kappa shape index (κ3) is 5.57. The van der Waals surface area contributed by atoms with E-state index in [1.807, 2.05) is 6.92 Å². The Kier molecular flexibility index (Phi) is 7.56. The van der Waals surface area contributed by atoms with Crippen LogP contribution in [0.2, 0.25) is 5.02 Å². The van der Waals surface area contributed by atoms with Crippen LogP contribution in [0.3, 0.4) is 0 Å². The number of aliphatic carboxylic acids is 1. The number of ether oxygens (including phenoxy) is 1. The first-order chi connectivity index (χ1) is 9.99. The maximum atomic E-state index is 12.3. The molecule has 21 heavy (non-hydrogen) atoms. The zero-order valence-electron chi connectivity index (χ0n) is 11.9. The van der Waals surface area contributed by atoms with E-state index >= 15 is 0 Å². The second-order valence-electron chi connectivity index (χ2n) is 4.22. The maximum Gasteiger partial charge on any atom is 0.326 e. The Morgan fingerprint density at radius 3 is 2.76 bits per heavy atom. The predicted molar refractivity (Wildman–Crippen MR) is 83.2 cm³/mol. The van der Waals surface area contributed by atoms with Gasteiger partial charge in [0.25, 0.3) is 5.91 Å². The van der Waals surface area contributed by atoms with Crippen LogP contribution in [0.25, 0.3) is 0 Å². The molecule has 1 unspecified atom stereocenters. The number of amides is 1. The fourth-order valence-corrected chi connectivity index (χ4v) is 2.64. The summed E-state index contributed by atoms with van der Waals surface area (Å²) in [5.74, 6) is -0.738. The van der Waals surface area contributed by atoms with Crippen LogP contribution in [-0.4, -0.2) is 42.5 Å². The molecule has 0 aromatic heterocycles. The standard InChI is InChI=1S/C14H18ClNO4S/c1-3-21-12-5-4-9(15)8-10(12)13(17)16-11(14(18)19)6-7-20-2/h4-5,8,11H,3,6-7H2,1-2H3,(H,16,17)(H,18,19). The molecular formula is C14H18ClNO4S.